The topological polar surface area (TPSA) is 49.3 Å². The number of aliphatic hydroxyl groups excluding tert-OH is 1. The van der Waals surface area contributed by atoms with Gasteiger partial charge in [-0.15, -0.1) is 11.3 Å². The molecule has 0 spiro atoms. The molecule has 16 heavy (non-hydrogen) atoms. The number of aliphatic hydroxyl groups is 1. The average molecular weight is 259 g/mol. The van der Waals surface area contributed by atoms with Gasteiger partial charge in [-0.3, -0.25) is 4.79 Å². The molecule has 0 radical (unpaired) electrons. The van der Waals surface area contributed by atoms with Gasteiger partial charge in [-0.1, -0.05) is 0 Å². The number of hydrogen-bond acceptors (Lipinski definition) is 4. The minimum Gasteiger partial charge on any atom is -0.395 e. The van der Waals surface area contributed by atoms with Gasteiger partial charge in [0.15, 0.2) is 0 Å². The van der Waals surface area contributed by atoms with Gasteiger partial charge in [0.2, 0.25) is 0 Å². The Kier molecular flexibility index (Phi) is 5.31. The zero-order chi connectivity index (χ0) is 12.1. The van der Waals surface area contributed by atoms with Crippen LogP contribution in [-0.4, -0.2) is 35.2 Å². The summed E-state index contributed by atoms with van der Waals surface area (Å²) < 4.78 is 0. The van der Waals surface area contributed by atoms with Crippen molar-refractivity contribution < 1.29 is 9.90 Å². The van der Waals surface area contributed by atoms with Crippen molar-refractivity contribution in [2.75, 3.05) is 12.9 Å². The maximum absolute atomic E-state index is 11.9. The van der Waals surface area contributed by atoms with Crippen LogP contribution in [0.3, 0.4) is 0 Å². The van der Waals surface area contributed by atoms with Crippen LogP contribution in [0.15, 0.2) is 11.4 Å². The zero-order valence-corrected chi connectivity index (χ0v) is 11.3. The Morgan fingerprint density at radius 3 is 2.81 bits per heavy atom. The highest BCUT2D eigenvalue weighted by Crippen LogP contribution is 2.16. The maximum atomic E-state index is 11.9. The van der Waals surface area contributed by atoms with E-state index in [4.69, 9.17) is 5.11 Å². The molecule has 5 heteroatoms. The second-order valence-corrected chi connectivity index (χ2v) is 5.64. The summed E-state index contributed by atoms with van der Waals surface area (Å²) in [6, 6.07) is 1.90. The van der Waals surface area contributed by atoms with Gasteiger partial charge < -0.3 is 10.4 Å². The summed E-state index contributed by atoms with van der Waals surface area (Å²) in [5.41, 5.74) is 0.999. The predicted octanol–water partition coefficient (Wildman–Crippen LogP) is 1.90. The Morgan fingerprint density at radius 2 is 2.38 bits per heavy atom. The molecule has 0 aromatic carbocycles. The van der Waals surface area contributed by atoms with Crippen LogP contribution in [-0.2, 0) is 0 Å². The van der Waals surface area contributed by atoms with Crippen LogP contribution >= 0.6 is 23.1 Å². The highest BCUT2D eigenvalue weighted by molar-refractivity contribution is 7.99. The van der Waals surface area contributed by atoms with Crippen LogP contribution < -0.4 is 5.32 Å². The van der Waals surface area contributed by atoms with Crippen LogP contribution in [0, 0.1) is 6.92 Å². The number of hydrogen-bond donors (Lipinski definition) is 2. The van der Waals surface area contributed by atoms with Gasteiger partial charge in [-0.05, 0) is 37.1 Å². The van der Waals surface area contributed by atoms with E-state index in [1.165, 1.54) is 11.3 Å². The number of rotatable bonds is 5. The fourth-order valence-electron chi connectivity index (χ4n) is 1.41. The number of amides is 1. The standard InChI is InChI=1S/C11H17NO2S2/c1-7-4-5-16-10(7)11(14)12-8(2)9(6-13)15-3/h4-5,8-9,13H,6H2,1-3H3,(H,12,14). The highest BCUT2D eigenvalue weighted by atomic mass is 32.2. The number of nitrogens with one attached hydrogen (secondary N) is 1. The summed E-state index contributed by atoms with van der Waals surface area (Å²) in [6.07, 6.45) is 1.93. The lowest BCUT2D eigenvalue weighted by atomic mass is 10.2. The molecule has 1 heterocycles. The van der Waals surface area contributed by atoms with E-state index < -0.39 is 0 Å². The van der Waals surface area contributed by atoms with Gasteiger partial charge in [-0.25, -0.2) is 0 Å². The Hall–Kier alpha value is -0.520. The van der Waals surface area contributed by atoms with Gasteiger partial charge in [0.1, 0.15) is 0 Å². The summed E-state index contributed by atoms with van der Waals surface area (Å²) in [5, 5.41) is 14.0. The maximum Gasteiger partial charge on any atom is 0.261 e. The quantitative estimate of drug-likeness (QED) is 0.849. The molecule has 0 aliphatic carbocycles. The molecule has 1 aromatic heterocycles. The minimum atomic E-state index is -0.0486. The molecule has 2 N–H and O–H groups in total. The SMILES string of the molecule is CSC(CO)C(C)NC(=O)c1sccc1C. The molecule has 1 rings (SSSR count). The summed E-state index contributed by atoms with van der Waals surface area (Å²) in [5.74, 6) is -0.0486. The van der Waals surface area contributed by atoms with Gasteiger partial charge >= 0.3 is 0 Å². The number of carbonyl (C=O) groups excluding carboxylic acids is 1. The van der Waals surface area contributed by atoms with Crippen molar-refractivity contribution >= 4 is 29.0 Å². The van der Waals surface area contributed by atoms with Crippen molar-refractivity contribution in [3.05, 3.63) is 21.9 Å². The third-order valence-corrected chi connectivity index (χ3v) is 4.65. The largest absolute Gasteiger partial charge is 0.395 e. The molecule has 2 atom stereocenters. The second-order valence-electron chi connectivity index (χ2n) is 3.65. The number of carbonyl (C=O) groups is 1. The van der Waals surface area contributed by atoms with Crippen LogP contribution in [0.5, 0.6) is 0 Å². The number of thiophene rings is 1. The van der Waals surface area contributed by atoms with Crippen molar-refractivity contribution in [2.24, 2.45) is 0 Å². The highest BCUT2D eigenvalue weighted by Gasteiger charge is 2.19. The molecular formula is C11H17NO2S2. The minimum absolute atomic E-state index is 0.0333. The molecule has 3 nitrogen and oxygen atoms in total. The van der Waals surface area contributed by atoms with E-state index in [0.717, 1.165) is 10.4 Å². The van der Waals surface area contributed by atoms with E-state index in [2.05, 4.69) is 5.32 Å². The average Bonchev–Trinajstić information content (AvgIpc) is 2.66. The molecule has 0 saturated heterocycles. The molecule has 90 valence electrons. The van der Waals surface area contributed by atoms with Crippen molar-refractivity contribution in [1.82, 2.24) is 5.32 Å². The monoisotopic (exact) mass is 259 g/mol. The van der Waals surface area contributed by atoms with E-state index >= 15 is 0 Å². The first kappa shape index (κ1) is 13.5. The van der Waals surface area contributed by atoms with E-state index in [1.807, 2.05) is 31.5 Å². The molecule has 1 aromatic rings. The van der Waals surface area contributed by atoms with Crippen LogP contribution in [0.4, 0.5) is 0 Å². The molecule has 0 fully saturated rings. The van der Waals surface area contributed by atoms with Crippen molar-refractivity contribution in [3.8, 4) is 0 Å². The lowest BCUT2D eigenvalue weighted by molar-refractivity contribution is 0.0939. The smallest absolute Gasteiger partial charge is 0.261 e. The second kappa shape index (κ2) is 6.27. The van der Waals surface area contributed by atoms with Crippen molar-refractivity contribution in [2.45, 2.75) is 25.1 Å². The predicted molar refractivity (Wildman–Crippen MR) is 70.4 cm³/mol. The summed E-state index contributed by atoms with van der Waals surface area (Å²) in [6.45, 7) is 3.92. The molecule has 1 amide bonds. The van der Waals surface area contributed by atoms with Gasteiger partial charge in [-0.2, -0.15) is 11.8 Å². The van der Waals surface area contributed by atoms with Crippen LogP contribution in [0.1, 0.15) is 22.2 Å². The lowest BCUT2D eigenvalue weighted by Crippen LogP contribution is -2.41. The van der Waals surface area contributed by atoms with Crippen molar-refractivity contribution in [1.29, 1.82) is 0 Å². The van der Waals surface area contributed by atoms with E-state index in [9.17, 15) is 4.79 Å². The Bertz CT molecular complexity index is 348. The Labute approximate surface area is 104 Å². The van der Waals surface area contributed by atoms with Gasteiger partial charge in [0, 0.05) is 11.3 Å². The van der Waals surface area contributed by atoms with Crippen LogP contribution in [0.2, 0.25) is 0 Å². The van der Waals surface area contributed by atoms with Crippen molar-refractivity contribution in [3.63, 3.8) is 0 Å². The molecular weight excluding hydrogens is 242 g/mol. The van der Waals surface area contributed by atoms with Gasteiger partial charge in [0.25, 0.3) is 5.91 Å². The lowest BCUT2D eigenvalue weighted by Gasteiger charge is -2.21. The summed E-state index contributed by atoms with van der Waals surface area (Å²) in [7, 11) is 0. The van der Waals surface area contributed by atoms with E-state index in [0.29, 0.717) is 0 Å². The number of aryl methyl sites for hydroxylation is 1. The number of thioether (sulfide) groups is 1. The third kappa shape index (κ3) is 3.23. The Morgan fingerprint density at radius 1 is 1.69 bits per heavy atom. The molecule has 0 aliphatic rings. The fourth-order valence-corrected chi connectivity index (χ4v) is 2.86. The van der Waals surface area contributed by atoms with E-state index in [-0.39, 0.29) is 23.8 Å². The first-order valence-corrected chi connectivity index (χ1v) is 7.25. The molecule has 0 aliphatic heterocycles. The van der Waals surface area contributed by atoms with Gasteiger partial charge in [0.05, 0.1) is 11.5 Å². The molecule has 0 saturated carbocycles. The third-order valence-electron chi connectivity index (χ3n) is 2.47. The summed E-state index contributed by atoms with van der Waals surface area (Å²) in [4.78, 5) is 12.6. The first-order chi connectivity index (χ1) is 7.60. The first-order valence-electron chi connectivity index (χ1n) is 5.08. The zero-order valence-electron chi connectivity index (χ0n) is 9.69. The normalized spacial score (nSPS) is 14.5. The van der Waals surface area contributed by atoms with Crippen LogP contribution in [0.25, 0.3) is 0 Å². The summed E-state index contributed by atoms with van der Waals surface area (Å²) >= 11 is 3.01. The Balaban J connectivity index is 2.61. The molecule has 2 unspecified atom stereocenters. The molecule has 0 bridgehead atoms. The van der Waals surface area contributed by atoms with E-state index in [1.54, 1.807) is 11.8 Å². The fraction of sp³-hybridized carbons (Fsp3) is 0.545.